The molecule has 0 heterocycles. The molecule has 1 amide bonds. The fourth-order valence-corrected chi connectivity index (χ4v) is 3.00. The van der Waals surface area contributed by atoms with E-state index in [1.165, 1.54) is 0 Å². The summed E-state index contributed by atoms with van der Waals surface area (Å²) in [6, 6.07) is 13.2. The van der Waals surface area contributed by atoms with E-state index in [2.05, 4.69) is 6.92 Å². The van der Waals surface area contributed by atoms with Crippen LogP contribution in [0.1, 0.15) is 39.2 Å². The van der Waals surface area contributed by atoms with Crippen molar-refractivity contribution in [3.05, 3.63) is 48.0 Å². The van der Waals surface area contributed by atoms with Gasteiger partial charge in [0.2, 0.25) is 0 Å². The van der Waals surface area contributed by atoms with Crippen LogP contribution in [0.2, 0.25) is 0 Å². The number of para-hydroxylation sites is 2. The lowest BCUT2D eigenvalue weighted by atomic mass is 10.1. The Morgan fingerprint density at radius 1 is 0.867 bits per heavy atom. The van der Waals surface area contributed by atoms with Gasteiger partial charge in [0, 0.05) is 13.1 Å². The van der Waals surface area contributed by atoms with Crippen molar-refractivity contribution in [1.82, 2.24) is 4.90 Å². The molecule has 0 aliphatic heterocycles. The van der Waals surface area contributed by atoms with Crippen molar-refractivity contribution in [3.8, 4) is 23.0 Å². The van der Waals surface area contributed by atoms with Crippen LogP contribution in [-0.2, 0) is 11.3 Å². The van der Waals surface area contributed by atoms with Crippen molar-refractivity contribution in [1.29, 1.82) is 0 Å². The maximum absolute atomic E-state index is 12.8. The monoisotopic (exact) mass is 415 g/mol. The molecule has 0 spiro atoms. The summed E-state index contributed by atoms with van der Waals surface area (Å²) < 4.78 is 22.5. The topological polar surface area (TPSA) is 57.2 Å². The molecule has 0 saturated heterocycles. The van der Waals surface area contributed by atoms with E-state index in [0.29, 0.717) is 49.3 Å². The van der Waals surface area contributed by atoms with Crippen LogP contribution in [0.5, 0.6) is 23.0 Å². The van der Waals surface area contributed by atoms with E-state index >= 15 is 0 Å². The summed E-state index contributed by atoms with van der Waals surface area (Å²) in [6.07, 6.45) is 1.78. The third-order valence-electron chi connectivity index (χ3n) is 4.41. The summed E-state index contributed by atoms with van der Waals surface area (Å²) in [5.74, 6) is 2.53. The molecule has 0 aliphatic carbocycles. The molecule has 0 saturated carbocycles. The molecule has 0 bridgehead atoms. The normalized spacial score (nSPS) is 10.4. The third kappa shape index (κ3) is 6.87. The predicted octanol–water partition coefficient (Wildman–Crippen LogP) is 4.70. The Morgan fingerprint density at radius 2 is 1.57 bits per heavy atom. The van der Waals surface area contributed by atoms with Crippen molar-refractivity contribution in [2.45, 2.75) is 40.2 Å². The van der Waals surface area contributed by atoms with Gasteiger partial charge in [0.25, 0.3) is 5.91 Å². The molecule has 30 heavy (non-hydrogen) atoms. The zero-order valence-electron chi connectivity index (χ0n) is 18.5. The second-order valence-electron chi connectivity index (χ2n) is 6.82. The van der Waals surface area contributed by atoms with Gasteiger partial charge >= 0.3 is 0 Å². The van der Waals surface area contributed by atoms with Crippen LogP contribution in [0.4, 0.5) is 0 Å². The summed E-state index contributed by atoms with van der Waals surface area (Å²) in [4.78, 5) is 14.6. The molecular formula is C24H33NO5. The highest BCUT2D eigenvalue weighted by molar-refractivity contribution is 5.78. The summed E-state index contributed by atoms with van der Waals surface area (Å²) in [5, 5.41) is 0. The summed E-state index contributed by atoms with van der Waals surface area (Å²) in [6.45, 7) is 8.28. The SMILES string of the molecule is CCCOc1ccc(CN(CCC)C(=O)COc2ccccc2OCC)cc1OC. The van der Waals surface area contributed by atoms with E-state index in [1.54, 1.807) is 12.0 Å². The van der Waals surface area contributed by atoms with Crippen molar-refractivity contribution in [2.24, 2.45) is 0 Å². The summed E-state index contributed by atoms with van der Waals surface area (Å²) in [5.41, 5.74) is 0.979. The molecule has 0 N–H and O–H groups in total. The molecule has 0 atom stereocenters. The molecule has 0 aliphatic rings. The van der Waals surface area contributed by atoms with Gasteiger partial charge in [-0.2, -0.15) is 0 Å². The minimum Gasteiger partial charge on any atom is -0.493 e. The zero-order valence-corrected chi connectivity index (χ0v) is 18.5. The van der Waals surface area contributed by atoms with Gasteiger partial charge in [-0.15, -0.1) is 0 Å². The van der Waals surface area contributed by atoms with Crippen LogP contribution in [0, 0.1) is 0 Å². The van der Waals surface area contributed by atoms with Crippen molar-refractivity contribution in [3.63, 3.8) is 0 Å². The highest BCUT2D eigenvalue weighted by atomic mass is 16.5. The lowest BCUT2D eigenvalue weighted by Gasteiger charge is -2.23. The summed E-state index contributed by atoms with van der Waals surface area (Å²) in [7, 11) is 1.62. The van der Waals surface area contributed by atoms with Crippen molar-refractivity contribution in [2.75, 3.05) is 33.5 Å². The first kappa shape index (κ1) is 23.4. The first-order valence-corrected chi connectivity index (χ1v) is 10.5. The number of hydrogen-bond donors (Lipinski definition) is 0. The van der Waals surface area contributed by atoms with Crippen LogP contribution >= 0.6 is 0 Å². The predicted molar refractivity (Wildman–Crippen MR) is 118 cm³/mol. The molecule has 0 radical (unpaired) electrons. The molecule has 2 aromatic rings. The number of methoxy groups -OCH3 is 1. The number of benzene rings is 2. The first-order chi connectivity index (χ1) is 14.6. The van der Waals surface area contributed by atoms with Gasteiger partial charge in [0.1, 0.15) is 0 Å². The smallest absolute Gasteiger partial charge is 0.260 e. The molecule has 6 nitrogen and oxygen atoms in total. The second kappa shape index (κ2) is 12.6. The van der Waals surface area contributed by atoms with Crippen LogP contribution in [-0.4, -0.2) is 44.3 Å². The molecular weight excluding hydrogens is 382 g/mol. The fraction of sp³-hybridized carbons (Fsp3) is 0.458. The van der Waals surface area contributed by atoms with Gasteiger partial charge in [-0.1, -0.05) is 32.0 Å². The molecule has 0 aromatic heterocycles. The molecule has 0 unspecified atom stereocenters. The number of carbonyl (C=O) groups is 1. The van der Waals surface area contributed by atoms with Gasteiger partial charge in [-0.05, 0) is 49.6 Å². The molecule has 2 rings (SSSR count). The minimum absolute atomic E-state index is 0.0427. The molecule has 6 heteroatoms. The molecule has 0 fully saturated rings. The Kier molecular flexibility index (Phi) is 9.84. The Bertz CT molecular complexity index is 793. The Labute approximate surface area is 179 Å². The lowest BCUT2D eigenvalue weighted by Crippen LogP contribution is -2.35. The highest BCUT2D eigenvalue weighted by Crippen LogP contribution is 2.29. The second-order valence-corrected chi connectivity index (χ2v) is 6.82. The van der Waals surface area contributed by atoms with Crippen LogP contribution in [0.15, 0.2) is 42.5 Å². The number of ether oxygens (including phenoxy) is 4. The van der Waals surface area contributed by atoms with Crippen LogP contribution < -0.4 is 18.9 Å². The number of carbonyl (C=O) groups excluding carboxylic acids is 1. The molecule has 164 valence electrons. The van der Waals surface area contributed by atoms with E-state index in [4.69, 9.17) is 18.9 Å². The standard InChI is InChI=1S/C24H33NO5/c1-5-14-25(17-19-12-13-22(29-15-6-2)23(16-19)27-4)24(26)18-30-21-11-9-8-10-20(21)28-7-3/h8-13,16H,5-7,14-15,17-18H2,1-4H3. The first-order valence-electron chi connectivity index (χ1n) is 10.5. The van der Waals surface area contributed by atoms with E-state index in [9.17, 15) is 4.79 Å². The van der Waals surface area contributed by atoms with Gasteiger partial charge < -0.3 is 23.8 Å². The average Bonchev–Trinajstić information content (AvgIpc) is 2.77. The van der Waals surface area contributed by atoms with Crippen LogP contribution in [0.25, 0.3) is 0 Å². The number of hydrogen-bond acceptors (Lipinski definition) is 5. The van der Waals surface area contributed by atoms with Crippen LogP contribution in [0.3, 0.4) is 0 Å². The van der Waals surface area contributed by atoms with Gasteiger partial charge in [0.15, 0.2) is 29.6 Å². The lowest BCUT2D eigenvalue weighted by molar-refractivity contribution is -0.134. The number of nitrogens with zero attached hydrogens (tertiary/aromatic N) is 1. The van der Waals surface area contributed by atoms with Crippen molar-refractivity contribution >= 4 is 5.91 Å². The van der Waals surface area contributed by atoms with Gasteiger partial charge in [-0.25, -0.2) is 0 Å². The van der Waals surface area contributed by atoms with Crippen molar-refractivity contribution < 1.29 is 23.7 Å². The van der Waals surface area contributed by atoms with Gasteiger partial charge in [-0.3, -0.25) is 4.79 Å². The van der Waals surface area contributed by atoms with E-state index in [1.807, 2.05) is 56.3 Å². The number of rotatable bonds is 13. The summed E-state index contributed by atoms with van der Waals surface area (Å²) >= 11 is 0. The number of amides is 1. The minimum atomic E-state index is -0.0755. The average molecular weight is 416 g/mol. The maximum atomic E-state index is 12.8. The highest BCUT2D eigenvalue weighted by Gasteiger charge is 2.16. The Balaban J connectivity index is 2.05. The zero-order chi connectivity index (χ0) is 21.8. The third-order valence-corrected chi connectivity index (χ3v) is 4.41. The van der Waals surface area contributed by atoms with Gasteiger partial charge in [0.05, 0.1) is 20.3 Å². The quantitative estimate of drug-likeness (QED) is 0.475. The maximum Gasteiger partial charge on any atom is 0.260 e. The largest absolute Gasteiger partial charge is 0.493 e. The van der Waals surface area contributed by atoms with E-state index < -0.39 is 0 Å². The Morgan fingerprint density at radius 3 is 2.20 bits per heavy atom. The fourth-order valence-electron chi connectivity index (χ4n) is 3.00. The molecule has 2 aromatic carbocycles. The Hall–Kier alpha value is -2.89. The van der Waals surface area contributed by atoms with E-state index in [-0.39, 0.29) is 12.5 Å². The van der Waals surface area contributed by atoms with E-state index in [0.717, 1.165) is 18.4 Å².